The third-order valence-corrected chi connectivity index (χ3v) is 3.27. The van der Waals surface area contributed by atoms with E-state index in [2.05, 4.69) is 15.1 Å². The Hall–Kier alpha value is -1.92. The molecular weight excluding hydrogens is 268 g/mol. The smallest absolute Gasteiger partial charge is 0.153 e. The van der Waals surface area contributed by atoms with Crippen molar-refractivity contribution in [3.8, 4) is 0 Å². The zero-order valence-electron chi connectivity index (χ0n) is 9.97. The first-order valence-corrected chi connectivity index (χ1v) is 6.12. The van der Waals surface area contributed by atoms with Crippen LogP contribution in [0.1, 0.15) is 17.0 Å². The second-order valence-electron chi connectivity index (χ2n) is 4.07. The number of hydrogen-bond acceptors (Lipinski definition) is 5. The molecule has 3 heterocycles. The number of ether oxygens (including phenoxy) is 1. The number of aromatic nitrogens is 2. The van der Waals surface area contributed by atoms with E-state index in [-0.39, 0.29) is 5.84 Å². The van der Waals surface area contributed by atoms with E-state index in [1.807, 2.05) is 0 Å². The van der Waals surface area contributed by atoms with Gasteiger partial charge in [-0.1, -0.05) is 16.8 Å². The van der Waals surface area contributed by atoms with E-state index in [0.717, 1.165) is 17.7 Å². The highest BCUT2D eigenvalue weighted by Crippen LogP contribution is 2.32. The normalized spacial score (nSPS) is 15.3. The molecule has 6 nitrogen and oxygen atoms in total. The van der Waals surface area contributed by atoms with Crippen molar-refractivity contribution >= 4 is 23.1 Å². The number of pyridine rings is 1. The lowest BCUT2D eigenvalue weighted by molar-refractivity contribution is 0.109. The van der Waals surface area contributed by atoms with Crippen LogP contribution in [0.2, 0.25) is 5.02 Å². The van der Waals surface area contributed by atoms with E-state index in [1.165, 1.54) is 6.26 Å². The van der Waals surface area contributed by atoms with E-state index < -0.39 is 0 Å². The van der Waals surface area contributed by atoms with Crippen LogP contribution >= 0.6 is 11.6 Å². The van der Waals surface area contributed by atoms with Crippen molar-refractivity contribution in [2.45, 2.75) is 13.0 Å². The molecule has 0 unspecified atom stereocenters. The summed E-state index contributed by atoms with van der Waals surface area (Å²) >= 11 is 6.31. The van der Waals surface area contributed by atoms with Crippen LogP contribution in [0.4, 0.5) is 5.69 Å². The number of amidine groups is 1. The predicted molar refractivity (Wildman–Crippen MR) is 69.5 cm³/mol. The molecule has 1 aliphatic rings. The Morgan fingerprint density at radius 1 is 1.47 bits per heavy atom. The quantitative estimate of drug-likeness (QED) is 0.669. The van der Waals surface area contributed by atoms with Gasteiger partial charge in [0.15, 0.2) is 5.84 Å². The summed E-state index contributed by atoms with van der Waals surface area (Å²) in [6, 6.07) is 1.63. The van der Waals surface area contributed by atoms with Gasteiger partial charge in [-0.05, 0) is 0 Å². The van der Waals surface area contributed by atoms with Gasteiger partial charge >= 0.3 is 0 Å². The Labute approximate surface area is 114 Å². The molecule has 2 N–H and O–H groups in total. The van der Waals surface area contributed by atoms with E-state index >= 15 is 0 Å². The van der Waals surface area contributed by atoms with Gasteiger partial charge < -0.3 is 15.0 Å². The fourth-order valence-corrected chi connectivity index (χ4v) is 2.12. The van der Waals surface area contributed by atoms with Gasteiger partial charge in [-0.15, -0.1) is 0 Å². The van der Waals surface area contributed by atoms with Gasteiger partial charge in [0.2, 0.25) is 0 Å². The van der Waals surface area contributed by atoms with Crippen molar-refractivity contribution in [3.05, 3.63) is 40.5 Å². The summed E-state index contributed by atoms with van der Waals surface area (Å²) in [5.41, 5.74) is 8.63. The van der Waals surface area contributed by atoms with Crippen LogP contribution in [0.3, 0.4) is 0 Å². The number of hydrogen-bond donors (Lipinski definition) is 1. The zero-order chi connectivity index (χ0) is 13.2. The largest absolute Gasteiger partial charge is 0.382 e. The lowest BCUT2D eigenvalue weighted by atomic mass is 10.1. The van der Waals surface area contributed by atoms with Crippen LogP contribution in [0.5, 0.6) is 0 Å². The maximum absolute atomic E-state index is 6.31. The Morgan fingerprint density at radius 3 is 3.16 bits per heavy atom. The minimum absolute atomic E-state index is 0.231. The SMILES string of the molecule is NC(=Nc1cnc2c(c1Cl)COCC2)c1ccon1. The molecule has 0 atom stereocenters. The van der Waals surface area contributed by atoms with Crippen LogP contribution < -0.4 is 5.73 Å². The number of halogens is 1. The second-order valence-corrected chi connectivity index (χ2v) is 4.44. The molecule has 0 saturated carbocycles. The van der Waals surface area contributed by atoms with Gasteiger partial charge in [0.25, 0.3) is 0 Å². The molecule has 19 heavy (non-hydrogen) atoms. The first-order chi connectivity index (χ1) is 9.25. The summed E-state index contributed by atoms with van der Waals surface area (Å²) in [7, 11) is 0. The van der Waals surface area contributed by atoms with E-state index in [0.29, 0.717) is 29.6 Å². The summed E-state index contributed by atoms with van der Waals surface area (Å²) < 4.78 is 10.1. The van der Waals surface area contributed by atoms with Crippen molar-refractivity contribution in [2.24, 2.45) is 10.7 Å². The number of aliphatic imine (C=N–C) groups is 1. The van der Waals surface area contributed by atoms with E-state index in [9.17, 15) is 0 Å². The molecule has 2 aromatic heterocycles. The maximum atomic E-state index is 6.31. The standard InChI is InChI=1S/C12H11ClN4O2/c13-11-7-6-18-3-1-8(7)15-5-10(11)16-12(14)9-2-4-19-17-9/h2,4-5H,1,3,6H2,(H2,14,16). The monoisotopic (exact) mass is 278 g/mol. The number of rotatable bonds is 2. The molecule has 98 valence electrons. The maximum Gasteiger partial charge on any atom is 0.153 e. The molecule has 0 saturated heterocycles. The van der Waals surface area contributed by atoms with Gasteiger partial charge in [-0.2, -0.15) is 0 Å². The molecule has 0 radical (unpaired) electrons. The third-order valence-electron chi connectivity index (χ3n) is 2.85. The highest BCUT2D eigenvalue weighted by molar-refractivity contribution is 6.34. The molecule has 0 bridgehead atoms. The summed E-state index contributed by atoms with van der Waals surface area (Å²) in [6.07, 6.45) is 3.80. The Kier molecular flexibility index (Phi) is 3.18. The summed E-state index contributed by atoms with van der Waals surface area (Å²) in [4.78, 5) is 8.57. The van der Waals surface area contributed by atoms with Crippen molar-refractivity contribution in [1.29, 1.82) is 0 Å². The average Bonchev–Trinajstić information content (AvgIpc) is 2.96. The van der Waals surface area contributed by atoms with Crippen LogP contribution in [0, 0.1) is 0 Å². The van der Waals surface area contributed by atoms with Crippen LogP contribution in [-0.4, -0.2) is 22.6 Å². The van der Waals surface area contributed by atoms with Crippen LogP contribution in [-0.2, 0) is 17.8 Å². The summed E-state index contributed by atoms with van der Waals surface area (Å²) in [5.74, 6) is 0.231. The Balaban J connectivity index is 2.00. The predicted octanol–water partition coefficient (Wildman–Crippen LogP) is 1.83. The minimum atomic E-state index is 0.231. The molecule has 7 heteroatoms. The minimum Gasteiger partial charge on any atom is -0.382 e. The van der Waals surface area contributed by atoms with Gasteiger partial charge in [0.05, 0.1) is 24.4 Å². The van der Waals surface area contributed by atoms with Gasteiger partial charge in [0.1, 0.15) is 17.6 Å². The Morgan fingerprint density at radius 2 is 2.37 bits per heavy atom. The number of nitrogens with zero attached hydrogens (tertiary/aromatic N) is 3. The first kappa shape index (κ1) is 12.1. The van der Waals surface area contributed by atoms with Crippen LogP contribution in [0.15, 0.2) is 28.0 Å². The molecular formula is C12H11ClN4O2. The van der Waals surface area contributed by atoms with E-state index in [1.54, 1.807) is 12.3 Å². The van der Waals surface area contributed by atoms with Crippen molar-refractivity contribution in [1.82, 2.24) is 10.1 Å². The third kappa shape index (κ3) is 2.32. The highest BCUT2D eigenvalue weighted by atomic mass is 35.5. The lowest BCUT2D eigenvalue weighted by Gasteiger charge is -2.17. The fraction of sp³-hybridized carbons (Fsp3) is 0.250. The van der Waals surface area contributed by atoms with E-state index in [4.69, 9.17) is 26.6 Å². The molecule has 0 amide bonds. The fourth-order valence-electron chi connectivity index (χ4n) is 1.87. The average molecular weight is 279 g/mol. The van der Waals surface area contributed by atoms with Gasteiger partial charge in [-0.25, -0.2) is 4.99 Å². The topological polar surface area (TPSA) is 86.5 Å². The molecule has 0 spiro atoms. The summed E-state index contributed by atoms with van der Waals surface area (Å²) in [5, 5.41) is 4.23. The van der Waals surface area contributed by atoms with Crippen molar-refractivity contribution in [2.75, 3.05) is 6.61 Å². The summed E-state index contributed by atoms with van der Waals surface area (Å²) in [6.45, 7) is 1.12. The highest BCUT2D eigenvalue weighted by Gasteiger charge is 2.17. The first-order valence-electron chi connectivity index (χ1n) is 5.74. The molecule has 0 aromatic carbocycles. The zero-order valence-corrected chi connectivity index (χ0v) is 10.7. The molecule has 2 aromatic rings. The van der Waals surface area contributed by atoms with Gasteiger partial charge in [0, 0.05) is 23.7 Å². The molecule has 1 aliphatic heterocycles. The Bertz CT molecular complexity index is 625. The van der Waals surface area contributed by atoms with Crippen LogP contribution in [0.25, 0.3) is 0 Å². The van der Waals surface area contributed by atoms with Gasteiger partial charge in [-0.3, -0.25) is 4.98 Å². The number of nitrogens with two attached hydrogens (primary N) is 1. The molecule has 3 rings (SSSR count). The van der Waals surface area contributed by atoms with Crippen molar-refractivity contribution in [3.63, 3.8) is 0 Å². The number of fused-ring (bicyclic) bond motifs is 1. The van der Waals surface area contributed by atoms with Crippen molar-refractivity contribution < 1.29 is 9.26 Å². The second kappa shape index (κ2) is 4.99. The molecule has 0 aliphatic carbocycles. The molecule has 0 fully saturated rings. The lowest BCUT2D eigenvalue weighted by Crippen LogP contribution is -2.14.